The maximum absolute atomic E-state index is 13.0. The molecule has 0 bridgehead atoms. The first-order chi connectivity index (χ1) is 12.1. The standard InChI is InChI=1S/C17H24N6O2/c1-22(2)12-7-8-18-13(10-12)17(24)23-9-5-4-6-14(23)16-19-15(11-25-3)20-21-16/h7-8,10,14H,4-6,9,11H2,1-3H3,(H,19,20,21)/t14-/m1/s1. The van der Waals surface area contributed by atoms with Crippen LogP contribution in [0.1, 0.15) is 47.4 Å². The van der Waals surface area contributed by atoms with Crippen molar-refractivity contribution in [3.63, 3.8) is 0 Å². The van der Waals surface area contributed by atoms with Gasteiger partial charge in [-0.3, -0.25) is 14.9 Å². The van der Waals surface area contributed by atoms with Crippen LogP contribution in [-0.4, -0.2) is 58.7 Å². The Bertz CT molecular complexity index is 729. The number of pyridine rings is 1. The minimum atomic E-state index is -0.132. The number of rotatable bonds is 5. The summed E-state index contributed by atoms with van der Waals surface area (Å²) in [5.41, 5.74) is 1.40. The summed E-state index contributed by atoms with van der Waals surface area (Å²) in [7, 11) is 5.50. The highest BCUT2D eigenvalue weighted by Crippen LogP contribution is 2.30. The summed E-state index contributed by atoms with van der Waals surface area (Å²) < 4.78 is 5.08. The summed E-state index contributed by atoms with van der Waals surface area (Å²) in [5, 5.41) is 7.17. The summed E-state index contributed by atoms with van der Waals surface area (Å²) >= 11 is 0. The zero-order valence-corrected chi connectivity index (χ0v) is 14.9. The number of aromatic amines is 1. The van der Waals surface area contributed by atoms with Crippen LogP contribution in [0.15, 0.2) is 18.3 Å². The topological polar surface area (TPSA) is 87.2 Å². The Morgan fingerprint density at radius 2 is 2.28 bits per heavy atom. The van der Waals surface area contributed by atoms with E-state index >= 15 is 0 Å². The average molecular weight is 344 g/mol. The molecule has 1 aliphatic heterocycles. The first-order valence-corrected chi connectivity index (χ1v) is 8.44. The largest absolute Gasteiger partial charge is 0.378 e. The SMILES string of the molecule is COCc1nc([C@H]2CCCCN2C(=O)c2cc(N(C)C)ccn2)n[nH]1. The number of amides is 1. The Kier molecular flexibility index (Phi) is 5.28. The molecule has 2 aromatic rings. The molecule has 1 aliphatic rings. The Hall–Kier alpha value is -2.48. The Balaban J connectivity index is 1.84. The molecule has 0 spiro atoms. The third-order valence-electron chi connectivity index (χ3n) is 4.37. The number of anilines is 1. The Labute approximate surface area is 147 Å². The molecule has 3 rings (SSSR count). The molecule has 1 saturated heterocycles. The van der Waals surface area contributed by atoms with E-state index in [0.717, 1.165) is 24.9 Å². The first kappa shape index (κ1) is 17.3. The summed E-state index contributed by atoms with van der Waals surface area (Å²) in [6.45, 7) is 1.06. The van der Waals surface area contributed by atoms with Crippen LogP contribution in [0.3, 0.4) is 0 Å². The van der Waals surface area contributed by atoms with Crippen LogP contribution < -0.4 is 4.90 Å². The van der Waals surface area contributed by atoms with Gasteiger partial charge in [0.15, 0.2) is 11.6 Å². The van der Waals surface area contributed by atoms with E-state index in [-0.39, 0.29) is 11.9 Å². The van der Waals surface area contributed by atoms with Gasteiger partial charge in [-0.05, 0) is 31.4 Å². The molecular weight excluding hydrogens is 320 g/mol. The molecule has 25 heavy (non-hydrogen) atoms. The maximum atomic E-state index is 13.0. The second kappa shape index (κ2) is 7.60. The van der Waals surface area contributed by atoms with E-state index in [1.165, 1.54) is 0 Å². The lowest BCUT2D eigenvalue weighted by Crippen LogP contribution is -2.39. The van der Waals surface area contributed by atoms with Gasteiger partial charge < -0.3 is 14.5 Å². The van der Waals surface area contributed by atoms with Crippen molar-refractivity contribution in [1.82, 2.24) is 25.1 Å². The monoisotopic (exact) mass is 344 g/mol. The van der Waals surface area contributed by atoms with E-state index in [1.807, 2.05) is 36.0 Å². The fourth-order valence-corrected chi connectivity index (χ4v) is 3.07. The lowest BCUT2D eigenvalue weighted by atomic mass is 10.0. The highest BCUT2D eigenvalue weighted by atomic mass is 16.5. The number of H-pyrrole nitrogens is 1. The normalized spacial score (nSPS) is 17.6. The second-order valence-corrected chi connectivity index (χ2v) is 6.38. The lowest BCUT2D eigenvalue weighted by molar-refractivity contribution is 0.0594. The van der Waals surface area contributed by atoms with Gasteiger partial charge in [-0.2, -0.15) is 5.10 Å². The van der Waals surface area contributed by atoms with Gasteiger partial charge in [0.1, 0.15) is 12.3 Å². The third kappa shape index (κ3) is 3.79. The molecule has 0 aliphatic carbocycles. The number of piperidine rings is 1. The fourth-order valence-electron chi connectivity index (χ4n) is 3.07. The number of carbonyl (C=O) groups is 1. The molecule has 8 heteroatoms. The van der Waals surface area contributed by atoms with Gasteiger partial charge in [-0.25, -0.2) is 4.98 Å². The molecule has 1 N–H and O–H groups in total. The molecule has 0 radical (unpaired) electrons. The van der Waals surface area contributed by atoms with E-state index in [0.29, 0.717) is 30.5 Å². The summed E-state index contributed by atoms with van der Waals surface area (Å²) in [6.07, 6.45) is 4.55. The van der Waals surface area contributed by atoms with Crippen LogP contribution in [-0.2, 0) is 11.3 Å². The molecule has 0 unspecified atom stereocenters. The number of aromatic nitrogens is 4. The number of carbonyl (C=O) groups excluding carboxylic acids is 1. The van der Waals surface area contributed by atoms with Crippen molar-refractivity contribution in [2.45, 2.75) is 31.9 Å². The molecule has 8 nitrogen and oxygen atoms in total. The molecular formula is C17H24N6O2. The molecule has 0 aromatic carbocycles. The molecule has 1 atom stereocenters. The predicted molar refractivity (Wildman–Crippen MR) is 93.3 cm³/mol. The number of ether oxygens (including phenoxy) is 1. The lowest BCUT2D eigenvalue weighted by Gasteiger charge is -2.33. The number of nitrogens with zero attached hydrogens (tertiary/aromatic N) is 5. The van der Waals surface area contributed by atoms with Gasteiger partial charge in [-0.15, -0.1) is 0 Å². The Morgan fingerprint density at radius 1 is 1.44 bits per heavy atom. The van der Waals surface area contributed by atoms with Crippen molar-refractivity contribution in [3.05, 3.63) is 35.7 Å². The van der Waals surface area contributed by atoms with Crippen LogP contribution in [0.2, 0.25) is 0 Å². The summed E-state index contributed by atoms with van der Waals surface area (Å²) in [4.78, 5) is 25.6. The van der Waals surface area contributed by atoms with Crippen LogP contribution in [0.4, 0.5) is 5.69 Å². The van der Waals surface area contributed by atoms with Gasteiger partial charge in [0, 0.05) is 39.6 Å². The van der Waals surface area contributed by atoms with Crippen LogP contribution >= 0.6 is 0 Å². The molecule has 0 saturated carbocycles. The van der Waals surface area contributed by atoms with Gasteiger partial charge in [0.05, 0.1) is 6.04 Å². The summed E-state index contributed by atoms with van der Waals surface area (Å²) in [5.74, 6) is 1.23. The second-order valence-electron chi connectivity index (χ2n) is 6.38. The quantitative estimate of drug-likeness (QED) is 0.890. The Morgan fingerprint density at radius 3 is 3.04 bits per heavy atom. The molecule has 134 valence electrons. The van der Waals surface area contributed by atoms with Gasteiger partial charge in [-0.1, -0.05) is 0 Å². The van der Waals surface area contributed by atoms with E-state index in [1.54, 1.807) is 13.3 Å². The summed E-state index contributed by atoms with van der Waals surface area (Å²) in [6, 6.07) is 3.58. The number of nitrogens with one attached hydrogen (secondary N) is 1. The average Bonchev–Trinajstić information content (AvgIpc) is 3.10. The van der Waals surface area contributed by atoms with Crippen molar-refractivity contribution >= 4 is 11.6 Å². The molecule has 1 amide bonds. The maximum Gasteiger partial charge on any atom is 0.273 e. The molecule has 1 fully saturated rings. The van der Waals surface area contributed by atoms with Crippen LogP contribution in [0.25, 0.3) is 0 Å². The van der Waals surface area contributed by atoms with E-state index < -0.39 is 0 Å². The molecule has 2 aromatic heterocycles. The van der Waals surface area contributed by atoms with Gasteiger partial charge >= 0.3 is 0 Å². The zero-order valence-electron chi connectivity index (χ0n) is 14.9. The minimum absolute atomic E-state index is 0.0773. The third-order valence-corrected chi connectivity index (χ3v) is 4.37. The van der Waals surface area contributed by atoms with Crippen molar-refractivity contribution in [1.29, 1.82) is 0 Å². The van der Waals surface area contributed by atoms with Gasteiger partial charge in [0.2, 0.25) is 0 Å². The number of hydrogen-bond donors (Lipinski definition) is 1. The van der Waals surface area contributed by atoms with E-state index in [2.05, 4.69) is 20.2 Å². The number of likely N-dealkylation sites (tertiary alicyclic amines) is 1. The van der Waals surface area contributed by atoms with Crippen molar-refractivity contribution in [2.75, 3.05) is 32.6 Å². The van der Waals surface area contributed by atoms with E-state index in [9.17, 15) is 4.79 Å². The van der Waals surface area contributed by atoms with Crippen molar-refractivity contribution in [3.8, 4) is 0 Å². The fraction of sp³-hybridized carbons (Fsp3) is 0.529. The highest BCUT2D eigenvalue weighted by molar-refractivity contribution is 5.93. The highest BCUT2D eigenvalue weighted by Gasteiger charge is 2.32. The predicted octanol–water partition coefficient (Wildman–Crippen LogP) is 1.78. The zero-order chi connectivity index (χ0) is 17.8. The minimum Gasteiger partial charge on any atom is -0.378 e. The van der Waals surface area contributed by atoms with Gasteiger partial charge in [0.25, 0.3) is 5.91 Å². The van der Waals surface area contributed by atoms with Crippen LogP contribution in [0, 0.1) is 0 Å². The number of methoxy groups -OCH3 is 1. The van der Waals surface area contributed by atoms with Crippen molar-refractivity contribution in [2.24, 2.45) is 0 Å². The molecule has 3 heterocycles. The number of hydrogen-bond acceptors (Lipinski definition) is 6. The van der Waals surface area contributed by atoms with Crippen LogP contribution in [0.5, 0.6) is 0 Å². The van der Waals surface area contributed by atoms with E-state index in [4.69, 9.17) is 4.74 Å². The smallest absolute Gasteiger partial charge is 0.273 e. The first-order valence-electron chi connectivity index (χ1n) is 8.44. The van der Waals surface area contributed by atoms with Crippen molar-refractivity contribution < 1.29 is 9.53 Å².